The van der Waals surface area contributed by atoms with Gasteiger partial charge in [0.05, 0.1) is 18.8 Å². The van der Waals surface area contributed by atoms with Crippen molar-refractivity contribution in [3.8, 4) is 5.75 Å². The van der Waals surface area contributed by atoms with Gasteiger partial charge in [0.2, 0.25) is 0 Å². The molecule has 1 aromatic heterocycles. The van der Waals surface area contributed by atoms with Gasteiger partial charge in [0, 0.05) is 13.1 Å². The van der Waals surface area contributed by atoms with Gasteiger partial charge >= 0.3 is 0 Å². The molecule has 96 valence electrons. The van der Waals surface area contributed by atoms with E-state index in [1.54, 1.807) is 7.11 Å². The molecule has 5 nitrogen and oxygen atoms in total. The number of nitrogens with zero attached hydrogens (tertiary/aromatic N) is 2. The summed E-state index contributed by atoms with van der Waals surface area (Å²) in [6.07, 6.45) is 0.187. The zero-order valence-electron chi connectivity index (χ0n) is 10.7. The smallest absolute Gasteiger partial charge is 0.197 e. The molecule has 0 radical (unpaired) electrons. The summed E-state index contributed by atoms with van der Waals surface area (Å²) in [4.78, 5) is 2.24. The number of anilines is 2. The van der Waals surface area contributed by atoms with Crippen LogP contribution in [0.15, 0.2) is 0 Å². The zero-order chi connectivity index (χ0) is 12.6. The number of methoxy groups -OCH3 is 1. The van der Waals surface area contributed by atoms with Gasteiger partial charge in [-0.2, -0.15) is 4.37 Å². The highest BCUT2D eigenvalue weighted by atomic mass is 32.1. The van der Waals surface area contributed by atoms with Crippen LogP contribution in [0, 0.1) is 0 Å². The number of ether oxygens (including phenoxy) is 2. The number of aromatic nitrogens is 1. The van der Waals surface area contributed by atoms with Crippen LogP contribution >= 0.6 is 11.5 Å². The van der Waals surface area contributed by atoms with E-state index in [0.717, 1.165) is 18.1 Å². The van der Waals surface area contributed by atoms with Crippen molar-refractivity contribution >= 4 is 22.4 Å². The van der Waals surface area contributed by atoms with E-state index in [4.69, 9.17) is 15.2 Å². The maximum Gasteiger partial charge on any atom is 0.197 e. The van der Waals surface area contributed by atoms with Crippen LogP contribution in [-0.4, -0.2) is 36.3 Å². The molecule has 17 heavy (non-hydrogen) atoms. The van der Waals surface area contributed by atoms with Crippen molar-refractivity contribution in [2.24, 2.45) is 0 Å². The molecule has 0 saturated carbocycles. The van der Waals surface area contributed by atoms with E-state index >= 15 is 0 Å². The fraction of sp³-hybridized carbons (Fsp3) is 0.727. The maximum atomic E-state index is 5.88. The Balaban J connectivity index is 2.27. The number of hydrogen-bond acceptors (Lipinski definition) is 6. The Labute approximate surface area is 106 Å². The third kappa shape index (κ3) is 2.47. The van der Waals surface area contributed by atoms with Crippen molar-refractivity contribution in [2.75, 3.05) is 30.8 Å². The molecule has 1 aromatic rings. The molecule has 1 aliphatic rings. The second-order valence-electron chi connectivity index (χ2n) is 4.97. The summed E-state index contributed by atoms with van der Waals surface area (Å²) >= 11 is 1.38. The molecule has 0 aliphatic carbocycles. The van der Waals surface area contributed by atoms with E-state index in [9.17, 15) is 0 Å². The van der Waals surface area contributed by atoms with E-state index in [1.807, 2.05) is 0 Å². The largest absolute Gasteiger partial charge is 0.490 e. The number of morpholine rings is 1. The van der Waals surface area contributed by atoms with Gasteiger partial charge in [0.25, 0.3) is 0 Å². The summed E-state index contributed by atoms with van der Waals surface area (Å²) in [6, 6.07) is 0. The average molecular weight is 257 g/mol. The lowest BCUT2D eigenvalue weighted by Gasteiger charge is -2.42. The molecular weight excluding hydrogens is 238 g/mol. The normalized spacial score (nSPS) is 23.8. The summed E-state index contributed by atoms with van der Waals surface area (Å²) in [5, 5.41) is 0.994. The van der Waals surface area contributed by atoms with E-state index in [2.05, 4.69) is 30.0 Å². The summed E-state index contributed by atoms with van der Waals surface area (Å²) in [6.45, 7) is 7.90. The predicted molar refractivity (Wildman–Crippen MR) is 69.9 cm³/mol. The molecule has 0 bridgehead atoms. The number of hydrogen-bond donors (Lipinski definition) is 1. The van der Waals surface area contributed by atoms with Gasteiger partial charge < -0.3 is 20.1 Å². The van der Waals surface area contributed by atoms with Crippen LogP contribution in [0.5, 0.6) is 5.75 Å². The third-order valence-corrected chi connectivity index (χ3v) is 3.62. The first kappa shape index (κ1) is 12.4. The molecule has 6 heteroatoms. The lowest BCUT2D eigenvalue weighted by molar-refractivity contribution is -0.0748. The first-order valence-electron chi connectivity index (χ1n) is 5.65. The highest BCUT2D eigenvalue weighted by Gasteiger charge is 2.33. The van der Waals surface area contributed by atoms with Crippen molar-refractivity contribution < 1.29 is 9.47 Å². The molecule has 2 heterocycles. The second-order valence-corrected chi connectivity index (χ2v) is 5.73. The minimum absolute atomic E-state index is 0.165. The van der Waals surface area contributed by atoms with Gasteiger partial charge in [-0.1, -0.05) is 0 Å². The Morgan fingerprint density at radius 2 is 2.29 bits per heavy atom. The third-order valence-electron chi connectivity index (χ3n) is 2.72. The van der Waals surface area contributed by atoms with Crippen LogP contribution in [0.3, 0.4) is 0 Å². The summed E-state index contributed by atoms with van der Waals surface area (Å²) in [7, 11) is 1.62. The molecule has 0 spiro atoms. The average Bonchev–Trinajstić information content (AvgIpc) is 2.56. The molecule has 2 rings (SSSR count). The first-order chi connectivity index (χ1) is 7.93. The van der Waals surface area contributed by atoms with Gasteiger partial charge in [-0.15, -0.1) is 0 Å². The van der Waals surface area contributed by atoms with Crippen LogP contribution in [0.25, 0.3) is 0 Å². The first-order valence-corrected chi connectivity index (χ1v) is 6.42. The molecule has 0 aromatic carbocycles. The minimum atomic E-state index is -0.165. The molecule has 1 fully saturated rings. The van der Waals surface area contributed by atoms with Crippen molar-refractivity contribution in [3.05, 3.63) is 0 Å². The van der Waals surface area contributed by atoms with Gasteiger partial charge in [0.1, 0.15) is 0 Å². The van der Waals surface area contributed by atoms with E-state index < -0.39 is 0 Å². The Bertz CT molecular complexity index is 405. The van der Waals surface area contributed by atoms with Gasteiger partial charge in [-0.3, -0.25) is 0 Å². The lowest BCUT2D eigenvalue weighted by atomic mass is 10.1. The number of nitrogen functional groups attached to an aromatic ring is 1. The lowest BCUT2D eigenvalue weighted by Crippen LogP contribution is -2.51. The van der Waals surface area contributed by atoms with Crippen molar-refractivity contribution in [2.45, 2.75) is 32.5 Å². The van der Waals surface area contributed by atoms with Crippen molar-refractivity contribution in [3.63, 3.8) is 0 Å². The van der Waals surface area contributed by atoms with Crippen LogP contribution in [0.1, 0.15) is 20.8 Å². The van der Waals surface area contributed by atoms with Crippen LogP contribution in [0.4, 0.5) is 10.8 Å². The summed E-state index contributed by atoms with van der Waals surface area (Å²) in [5.41, 5.74) is 5.61. The summed E-state index contributed by atoms with van der Waals surface area (Å²) < 4.78 is 15.3. The van der Waals surface area contributed by atoms with E-state index in [1.165, 1.54) is 11.5 Å². The van der Waals surface area contributed by atoms with Crippen molar-refractivity contribution in [1.29, 1.82) is 0 Å². The monoisotopic (exact) mass is 257 g/mol. The molecule has 1 saturated heterocycles. The van der Waals surface area contributed by atoms with E-state index in [-0.39, 0.29) is 11.7 Å². The molecule has 0 amide bonds. The van der Waals surface area contributed by atoms with Crippen LogP contribution < -0.4 is 15.4 Å². The highest BCUT2D eigenvalue weighted by Crippen LogP contribution is 2.40. The van der Waals surface area contributed by atoms with E-state index in [0.29, 0.717) is 11.6 Å². The fourth-order valence-corrected chi connectivity index (χ4v) is 3.08. The predicted octanol–water partition coefficient (Wildman–Crippen LogP) is 1.74. The minimum Gasteiger partial charge on any atom is -0.490 e. The number of nitrogens with two attached hydrogens (primary N) is 1. The van der Waals surface area contributed by atoms with Crippen LogP contribution in [0.2, 0.25) is 0 Å². The van der Waals surface area contributed by atoms with Crippen molar-refractivity contribution in [1.82, 2.24) is 4.37 Å². The van der Waals surface area contributed by atoms with Crippen LogP contribution in [-0.2, 0) is 4.74 Å². The molecule has 2 N–H and O–H groups in total. The van der Waals surface area contributed by atoms with Gasteiger partial charge in [0.15, 0.2) is 16.6 Å². The second kappa shape index (κ2) is 4.34. The Morgan fingerprint density at radius 3 is 2.88 bits per heavy atom. The molecule has 1 atom stereocenters. The molecule has 1 aliphatic heterocycles. The zero-order valence-corrected chi connectivity index (χ0v) is 11.5. The van der Waals surface area contributed by atoms with Gasteiger partial charge in [-0.25, -0.2) is 0 Å². The Hall–Kier alpha value is -1.01. The number of rotatable bonds is 2. The standard InChI is InChI=1S/C11H19N3O2S/c1-7-5-14(6-11(2,3)16-7)10-8(15-4)9(12)13-17-10/h7H,5-6H2,1-4H3,(H2,12,13). The van der Waals surface area contributed by atoms with Gasteiger partial charge in [-0.05, 0) is 32.3 Å². The quantitative estimate of drug-likeness (QED) is 0.874. The topological polar surface area (TPSA) is 60.6 Å². The SMILES string of the molecule is COc1c(N)nsc1N1CC(C)OC(C)(C)C1. The molecule has 1 unspecified atom stereocenters. The molecular formula is C11H19N3O2S. The Morgan fingerprint density at radius 1 is 1.59 bits per heavy atom. The fourth-order valence-electron chi connectivity index (χ4n) is 2.29. The highest BCUT2D eigenvalue weighted by molar-refractivity contribution is 7.11. The summed E-state index contributed by atoms with van der Waals surface area (Å²) in [5.74, 6) is 1.14. The Kier molecular flexibility index (Phi) is 3.18. The maximum absolute atomic E-state index is 5.88.